The first-order chi connectivity index (χ1) is 8.13. The number of unbranched alkanes of at least 4 members (excludes halogenated alkanes) is 3. The van der Waals surface area contributed by atoms with Gasteiger partial charge >= 0.3 is 0 Å². The summed E-state index contributed by atoms with van der Waals surface area (Å²) >= 11 is 5.66. The molecule has 0 amide bonds. The standard InChI is InChI=1S/C15H24ClN/c1-13-10-14(2)12-15(11-13)17(3)9-7-5-4-6-8-16/h10-12H,4-9H2,1-3H3. The smallest absolute Gasteiger partial charge is 0.0368 e. The molecule has 2 heteroatoms. The minimum absolute atomic E-state index is 0.799. The number of halogens is 1. The predicted octanol–water partition coefficient (Wildman–Crippen LogP) is 4.54. The van der Waals surface area contributed by atoms with E-state index >= 15 is 0 Å². The van der Waals surface area contributed by atoms with Crippen LogP contribution in [0.2, 0.25) is 0 Å². The van der Waals surface area contributed by atoms with E-state index in [1.807, 2.05) is 0 Å². The molecule has 0 saturated carbocycles. The SMILES string of the molecule is Cc1cc(C)cc(N(C)CCCCCCCl)c1. The fourth-order valence-corrected chi connectivity index (χ4v) is 2.29. The number of aryl methyl sites for hydroxylation is 2. The van der Waals surface area contributed by atoms with Gasteiger partial charge in [-0.1, -0.05) is 18.9 Å². The maximum absolute atomic E-state index is 5.66. The van der Waals surface area contributed by atoms with Crippen molar-refractivity contribution in [3.63, 3.8) is 0 Å². The first-order valence-electron chi connectivity index (χ1n) is 6.49. The van der Waals surface area contributed by atoms with E-state index in [9.17, 15) is 0 Å². The zero-order valence-electron chi connectivity index (χ0n) is 11.3. The maximum Gasteiger partial charge on any atom is 0.0368 e. The lowest BCUT2D eigenvalue weighted by atomic mass is 10.1. The summed E-state index contributed by atoms with van der Waals surface area (Å²) < 4.78 is 0. The third-order valence-corrected chi connectivity index (χ3v) is 3.29. The average Bonchev–Trinajstić information content (AvgIpc) is 2.27. The second kappa shape index (κ2) is 7.60. The van der Waals surface area contributed by atoms with Gasteiger partial charge in [-0.15, -0.1) is 11.6 Å². The highest BCUT2D eigenvalue weighted by molar-refractivity contribution is 6.17. The van der Waals surface area contributed by atoms with Gasteiger partial charge in [-0.2, -0.15) is 0 Å². The van der Waals surface area contributed by atoms with E-state index in [0.717, 1.165) is 18.8 Å². The van der Waals surface area contributed by atoms with Crippen LogP contribution in [-0.2, 0) is 0 Å². The molecule has 1 aromatic carbocycles. The molecular weight excluding hydrogens is 230 g/mol. The molecule has 0 aliphatic rings. The summed E-state index contributed by atoms with van der Waals surface area (Å²) in [6, 6.07) is 6.73. The Morgan fingerprint density at radius 1 is 0.941 bits per heavy atom. The van der Waals surface area contributed by atoms with Crippen LogP contribution in [0.5, 0.6) is 0 Å². The molecule has 0 fully saturated rings. The number of hydrogen-bond acceptors (Lipinski definition) is 1. The Hall–Kier alpha value is -0.690. The molecule has 0 unspecified atom stereocenters. The van der Waals surface area contributed by atoms with Crippen molar-refractivity contribution in [2.75, 3.05) is 24.4 Å². The summed E-state index contributed by atoms with van der Waals surface area (Å²) in [4.78, 5) is 2.35. The maximum atomic E-state index is 5.66. The Morgan fingerprint density at radius 3 is 2.12 bits per heavy atom. The number of nitrogens with zero attached hydrogens (tertiary/aromatic N) is 1. The normalized spacial score (nSPS) is 10.6. The number of hydrogen-bond donors (Lipinski definition) is 0. The summed E-state index contributed by atoms with van der Waals surface area (Å²) in [6.45, 7) is 5.45. The molecule has 1 aromatic rings. The zero-order valence-corrected chi connectivity index (χ0v) is 12.1. The third kappa shape index (κ3) is 5.45. The fourth-order valence-electron chi connectivity index (χ4n) is 2.10. The van der Waals surface area contributed by atoms with Gasteiger partial charge in [-0.05, 0) is 49.9 Å². The van der Waals surface area contributed by atoms with Crippen LogP contribution >= 0.6 is 11.6 Å². The van der Waals surface area contributed by atoms with Crippen LogP contribution < -0.4 is 4.90 Å². The Balaban J connectivity index is 2.38. The van der Waals surface area contributed by atoms with Gasteiger partial charge in [-0.25, -0.2) is 0 Å². The molecule has 0 radical (unpaired) electrons. The highest BCUT2D eigenvalue weighted by atomic mass is 35.5. The molecule has 0 aliphatic carbocycles. The van der Waals surface area contributed by atoms with Crippen molar-refractivity contribution in [2.45, 2.75) is 39.5 Å². The van der Waals surface area contributed by atoms with Crippen LogP contribution in [0.15, 0.2) is 18.2 Å². The van der Waals surface area contributed by atoms with E-state index in [2.05, 4.69) is 44.0 Å². The monoisotopic (exact) mass is 253 g/mol. The van der Waals surface area contributed by atoms with Crippen LogP contribution in [0, 0.1) is 13.8 Å². The van der Waals surface area contributed by atoms with E-state index in [1.54, 1.807) is 0 Å². The van der Waals surface area contributed by atoms with E-state index in [1.165, 1.54) is 36.1 Å². The number of benzene rings is 1. The van der Waals surface area contributed by atoms with E-state index in [4.69, 9.17) is 11.6 Å². The van der Waals surface area contributed by atoms with Crippen molar-refractivity contribution in [2.24, 2.45) is 0 Å². The lowest BCUT2D eigenvalue weighted by Crippen LogP contribution is -2.18. The second-order valence-electron chi connectivity index (χ2n) is 4.87. The molecule has 0 aromatic heterocycles. The minimum atomic E-state index is 0.799. The van der Waals surface area contributed by atoms with Gasteiger partial charge < -0.3 is 4.90 Å². The minimum Gasteiger partial charge on any atom is -0.375 e. The quantitative estimate of drug-likeness (QED) is 0.509. The number of anilines is 1. The first-order valence-corrected chi connectivity index (χ1v) is 7.02. The summed E-state index contributed by atoms with van der Waals surface area (Å²) in [6.07, 6.45) is 4.93. The van der Waals surface area contributed by atoms with Crippen molar-refractivity contribution in [3.8, 4) is 0 Å². The lowest BCUT2D eigenvalue weighted by Gasteiger charge is -2.20. The summed E-state index contributed by atoms with van der Waals surface area (Å²) in [7, 11) is 2.18. The molecule has 1 rings (SSSR count). The Labute approximate surface area is 111 Å². The molecular formula is C15H24ClN. The van der Waals surface area contributed by atoms with Gasteiger partial charge in [0.25, 0.3) is 0 Å². The predicted molar refractivity (Wildman–Crippen MR) is 78.4 cm³/mol. The molecule has 17 heavy (non-hydrogen) atoms. The Morgan fingerprint density at radius 2 is 1.53 bits per heavy atom. The molecule has 0 bridgehead atoms. The summed E-state index contributed by atoms with van der Waals surface area (Å²) in [5, 5.41) is 0. The van der Waals surface area contributed by atoms with E-state index < -0.39 is 0 Å². The van der Waals surface area contributed by atoms with Crippen LogP contribution in [0.25, 0.3) is 0 Å². The van der Waals surface area contributed by atoms with Crippen LogP contribution in [-0.4, -0.2) is 19.5 Å². The van der Waals surface area contributed by atoms with Crippen molar-refractivity contribution >= 4 is 17.3 Å². The zero-order chi connectivity index (χ0) is 12.7. The Bertz CT molecular complexity index is 315. The largest absolute Gasteiger partial charge is 0.375 e. The van der Waals surface area contributed by atoms with Gasteiger partial charge in [0.15, 0.2) is 0 Å². The van der Waals surface area contributed by atoms with Crippen molar-refractivity contribution in [3.05, 3.63) is 29.3 Å². The second-order valence-corrected chi connectivity index (χ2v) is 5.25. The first kappa shape index (κ1) is 14.4. The lowest BCUT2D eigenvalue weighted by molar-refractivity contribution is 0.663. The van der Waals surface area contributed by atoms with Crippen LogP contribution in [0.3, 0.4) is 0 Å². The van der Waals surface area contributed by atoms with Crippen molar-refractivity contribution < 1.29 is 0 Å². The van der Waals surface area contributed by atoms with E-state index in [0.29, 0.717) is 0 Å². The summed E-state index contributed by atoms with van der Waals surface area (Å²) in [5.74, 6) is 0.799. The highest BCUT2D eigenvalue weighted by Gasteiger charge is 2.02. The van der Waals surface area contributed by atoms with Gasteiger partial charge in [0.1, 0.15) is 0 Å². The van der Waals surface area contributed by atoms with Gasteiger partial charge in [0, 0.05) is 25.2 Å². The van der Waals surface area contributed by atoms with Gasteiger partial charge in [0.05, 0.1) is 0 Å². The third-order valence-electron chi connectivity index (χ3n) is 3.02. The topological polar surface area (TPSA) is 3.24 Å². The highest BCUT2D eigenvalue weighted by Crippen LogP contribution is 2.18. The molecule has 0 atom stereocenters. The molecule has 0 heterocycles. The van der Waals surface area contributed by atoms with Crippen molar-refractivity contribution in [1.82, 2.24) is 0 Å². The Kier molecular flexibility index (Phi) is 6.43. The van der Waals surface area contributed by atoms with Crippen LogP contribution in [0.1, 0.15) is 36.8 Å². The molecule has 0 saturated heterocycles. The summed E-state index contributed by atoms with van der Waals surface area (Å²) in [5.41, 5.74) is 4.02. The molecule has 0 aliphatic heterocycles. The number of alkyl halides is 1. The molecule has 1 nitrogen and oxygen atoms in total. The molecule has 0 spiro atoms. The van der Waals surface area contributed by atoms with Gasteiger partial charge in [-0.3, -0.25) is 0 Å². The van der Waals surface area contributed by atoms with Crippen molar-refractivity contribution in [1.29, 1.82) is 0 Å². The fraction of sp³-hybridized carbons (Fsp3) is 0.600. The van der Waals surface area contributed by atoms with Gasteiger partial charge in [0.2, 0.25) is 0 Å². The van der Waals surface area contributed by atoms with Crippen LogP contribution in [0.4, 0.5) is 5.69 Å². The average molecular weight is 254 g/mol. The number of rotatable bonds is 7. The molecule has 0 N–H and O–H groups in total. The molecule has 96 valence electrons. The van der Waals surface area contributed by atoms with E-state index in [-0.39, 0.29) is 0 Å².